The number of anilines is 1. The molecule has 1 N–H and O–H groups in total. The number of nitro benzene ring substituents is 1. The standard InChI is InChI=1S/C22H29N3O6S/c1-15(2)13-24(14-16(3)4)32(29,30)19-9-6-17(7-10-19)22(26)23-20-11-8-18(25(27)28)12-21(20)31-5/h6-12,15-16H,13-14H2,1-5H3,(H,23,26). The smallest absolute Gasteiger partial charge is 0.273 e. The van der Waals surface area contributed by atoms with Crippen molar-refractivity contribution in [2.75, 3.05) is 25.5 Å². The Morgan fingerprint density at radius 2 is 1.62 bits per heavy atom. The highest BCUT2D eigenvalue weighted by molar-refractivity contribution is 7.89. The lowest BCUT2D eigenvalue weighted by Crippen LogP contribution is -2.37. The Bertz CT molecular complexity index is 1060. The van der Waals surface area contributed by atoms with Gasteiger partial charge in [-0.3, -0.25) is 14.9 Å². The summed E-state index contributed by atoms with van der Waals surface area (Å²) in [5.74, 6) is -0.0115. The monoisotopic (exact) mass is 463 g/mol. The lowest BCUT2D eigenvalue weighted by atomic mass is 10.2. The van der Waals surface area contributed by atoms with Gasteiger partial charge in [-0.05, 0) is 42.2 Å². The highest BCUT2D eigenvalue weighted by Crippen LogP contribution is 2.29. The van der Waals surface area contributed by atoms with Crippen LogP contribution in [0.5, 0.6) is 5.75 Å². The van der Waals surface area contributed by atoms with Crippen LogP contribution in [0.3, 0.4) is 0 Å². The van der Waals surface area contributed by atoms with Crippen LogP contribution in [-0.4, -0.2) is 43.8 Å². The van der Waals surface area contributed by atoms with E-state index in [2.05, 4.69) is 5.32 Å². The summed E-state index contributed by atoms with van der Waals surface area (Å²) in [4.78, 5) is 23.1. The van der Waals surface area contributed by atoms with Gasteiger partial charge >= 0.3 is 0 Å². The molecule has 0 aliphatic heterocycles. The molecule has 0 fully saturated rings. The molecule has 0 unspecified atom stereocenters. The van der Waals surface area contributed by atoms with Crippen molar-refractivity contribution in [1.82, 2.24) is 4.31 Å². The van der Waals surface area contributed by atoms with Crippen LogP contribution in [0.4, 0.5) is 11.4 Å². The van der Waals surface area contributed by atoms with E-state index in [1.807, 2.05) is 27.7 Å². The van der Waals surface area contributed by atoms with Gasteiger partial charge in [0.15, 0.2) is 0 Å². The molecule has 0 aliphatic carbocycles. The average molecular weight is 464 g/mol. The summed E-state index contributed by atoms with van der Waals surface area (Å²) in [6, 6.07) is 9.53. The van der Waals surface area contributed by atoms with Gasteiger partial charge in [-0.15, -0.1) is 0 Å². The molecule has 0 aromatic heterocycles. The Balaban J connectivity index is 2.24. The highest BCUT2D eigenvalue weighted by Gasteiger charge is 2.26. The average Bonchev–Trinajstić information content (AvgIpc) is 2.72. The van der Waals surface area contributed by atoms with Gasteiger partial charge in [-0.1, -0.05) is 27.7 Å². The molecule has 32 heavy (non-hydrogen) atoms. The van der Waals surface area contributed by atoms with Crippen LogP contribution < -0.4 is 10.1 Å². The second kappa shape index (κ2) is 10.6. The molecule has 1 amide bonds. The Labute approximate surface area is 188 Å². The first-order valence-corrected chi connectivity index (χ1v) is 11.6. The van der Waals surface area contributed by atoms with Crippen molar-refractivity contribution in [3.8, 4) is 5.75 Å². The van der Waals surface area contributed by atoms with Gasteiger partial charge in [0.2, 0.25) is 10.0 Å². The van der Waals surface area contributed by atoms with Crippen molar-refractivity contribution in [2.45, 2.75) is 32.6 Å². The Morgan fingerprint density at radius 1 is 1.06 bits per heavy atom. The lowest BCUT2D eigenvalue weighted by molar-refractivity contribution is -0.384. The highest BCUT2D eigenvalue weighted by atomic mass is 32.2. The lowest BCUT2D eigenvalue weighted by Gasteiger charge is -2.25. The molecule has 0 saturated carbocycles. The molecule has 0 atom stereocenters. The minimum Gasteiger partial charge on any atom is -0.494 e. The van der Waals surface area contributed by atoms with E-state index in [9.17, 15) is 23.3 Å². The number of nitrogens with one attached hydrogen (secondary N) is 1. The number of nitrogens with zero attached hydrogens (tertiary/aromatic N) is 2. The molecule has 0 heterocycles. The minimum atomic E-state index is -3.70. The summed E-state index contributed by atoms with van der Waals surface area (Å²) in [5.41, 5.74) is 0.338. The third kappa shape index (κ3) is 6.27. The molecular weight excluding hydrogens is 434 g/mol. The minimum absolute atomic E-state index is 0.114. The van der Waals surface area contributed by atoms with Crippen LogP contribution in [0.1, 0.15) is 38.1 Å². The molecule has 2 rings (SSSR count). The van der Waals surface area contributed by atoms with E-state index in [0.29, 0.717) is 13.1 Å². The van der Waals surface area contributed by atoms with Crippen molar-refractivity contribution in [1.29, 1.82) is 0 Å². The summed E-state index contributed by atoms with van der Waals surface area (Å²) in [7, 11) is -2.36. The number of rotatable bonds is 10. The zero-order valence-electron chi connectivity index (χ0n) is 18.9. The van der Waals surface area contributed by atoms with Crippen molar-refractivity contribution < 1.29 is 22.9 Å². The Kier molecular flexibility index (Phi) is 8.34. The topological polar surface area (TPSA) is 119 Å². The second-order valence-electron chi connectivity index (χ2n) is 8.23. The normalized spacial score (nSPS) is 11.8. The van der Waals surface area contributed by atoms with Gasteiger partial charge in [-0.2, -0.15) is 4.31 Å². The fourth-order valence-corrected chi connectivity index (χ4v) is 4.87. The fourth-order valence-electron chi connectivity index (χ4n) is 3.10. The molecule has 9 nitrogen and oxygen atoms in total. The van der Waals surface area contributed by atoms with E-state index < -0.39 is 20.9 Å². The largest absolute Gasteiger partial charge is 0.494 e. The van der Waals surface area contributed by atoms with Crippen LogP contribution in [0.25, 0.3) is 0 Å². The molecule has 0 saturated heterocycles. The SMILES string of the molecule is COc1cc([N+](=O)[O-])ccc1NC(=O)c1ccc(S(=O)(=O)N(CC(C)C)CC(C)C)cc1. The maximum absolute atomic E-state index is 13.1. The number of hydrogen-bond donors (Lipinski definition) is 1. The van der Waals surface area contributed by atoms with Gasteiger partial charge in [0, 0.05) is 24.7 Å². The number of carbonyl (C=O) groups is 1. The summed E-state index contributed by atoms with van der Waals surface area (Å²) in [6.45, 7) is 8.66. The third-order valence-corrected chi connectivity index (χ3v) is 6.38. The van der Waals surface area contributed by atoms with Gasteiger partial charge in [0.05, 0.1) is 28.7 Å². The maximum Gasteiger partial charge on any atom is 0.273 e. The molecule has 0 aliphatic rings. The first kappa shape index (κ1) is 25.3. The van der Waals surface area contributed by atoms with E-state index >= 15 is 0 Å². The van der Waals surface area contributed by atoms with Crippen molar-refractivity contribution in [2.24, 2.45) is 11.8 Å². The molecule has 0 radical (unpaired) electrons. The zero-order chi connectivity index (χ0) is 24.1. The van der Waals surface area contributed by atoms with Crippen LogP contribution in [0.15, 0.2) is 47.4 Å². The van der Waals surface area contributed by atoms with E-state index in [1.54, 1.807) is 0 Å². The number of ether oxygens (including phenoxy) is 1. The summed E-state index contributed by atoms with van der Waals surface area (Å²) >= 11 is 0. The first-order chi connectivity index (χ1) is 14.9. The predicted molar refractivity (Wildman–Crippen MR) is 122 cm³/mol. The maximum atomic E-state index is 13.1. The molecular formula is C22H29N3O6S. The van der Waals surface area contributed by atoms with Gasteiger partial charge in [-0.25, -0.2) is 8.42 Å². The van der Waals surface area contributed by atoms with Crippen LogP contribution in [-0.2, 0) is 10.0 Å². The number of sulfonamides is 1. The zero-order valence-corrected chi connectivity index (χ0v) is 19.7. The van der Waals surface area contributed by atoms with Crippen LogP contribution in [0, 0.1) is 22.0 Å². The van der Waals surface area contributed by atoms with Crippen molar-refractivity contribution >= 4 is 27.3 Å². The Hall–Kier alpha value is -2.98. The third-order valence-electron chi connectivity index (χ3n) is 4.54. The summed E-state index contributed by atoms with van der Waals surface area (Å²) in [5, 5.41) is 13.5. The molecule has 10 heteroatoms. The number of non-ortho nitro benzene ring substituents is 1. The number of hydrogen-bond acceptors (Lipinski definition) is 6. The number of amides is 1. The molecule has 2 aromatic rings. The van der Waals surface area contributed by atoms with Gasteiger partial charge in [0.1, 0.15) is 5.75 Å². The first-order valence-electron chi connectivity index (χ1n) is 10.2. The predicted octanol–water partition coefficient (Wildman–Crippen LogP) is 4.16. The van der Waals surface area contributed by atoms with Crippen LogP contribution >= 0.6 is 0 Å². The molecule has 174 valence electrons. The molecule has 0 spiro atoms. The van der Waals surface area contributed by atoms with E-state index in [0.717, 1.165) is 0 Å². The number of benzene rings is 2. The fraction of sp³-hybridized carbons (Fsp3) is 0.409. The summed E-state index contributed by atoms with van der Waals surface area (Å²) in [6.07, 6.45) is 0. The van der Waals surface area contributed by atoms with E-state index in [-0.39, 0.29) is 39.4 Å². The number of nitro groups is 1. The second-order valence-corrected chi connectivity index (χ2v) is 10.2. The van der Waals surface area contributed by atoms with Crippen LogP contribution in [0.2, 0.25) is 0 Å². The summed E-state index contributed by atoms with van der Waals surface area (Å²) < 4.78 is 32.8. The van der Waals surface area contributed by atoms with E-state index in [1.165, 1.54) is 53.9 Å². The van der Waals surface area contributed by atoms with Gasteiger partial charge in [0.25, 0.3) is 11.6 Å². The van der Waals surface area contributed by atoms with Gasteiger partial charge < -0.3 is 10.1 Å². The van der Waals surface area contributed by atoms with Crippen molar-refractivity contribution in [3.05, 3.63) is 58.1 Å². The number of methoxy groups -OCH3 is 1. The molecule has 2 aromatic carbocycles. The quantitative estimate of drug-likeness (QED) is 0.417. The number of carbonyl (C=O) groups excluding carboxylic acids is 1. The molecule has 0 bridgehead atoms. The Morgan fingerprint density at radius 3 is 2.09 bits per heavy atom. The van der Waals surface area contributed by atoms with E-state index in [4.69, 9.17) is 4.74 Å². The van der Waals surface area contributed by atoms with Crippen molar-refractivity contribution in [3.63, 3.8) is 0 Å².